The highest BCUT2D eigenvalue weighted by Gasteiger charge is 2.32. The molecule has 0 radical (unpaired) electrons. The molecule has 4 nitrogen and oxygen atoms in total. The SMILES string of the molecule is N#Cc1cccc(CN2SN(Cc3ccccc3)C(=O)c3sccc32)c1. The Kier molecular flexibility index (Phi) is 4.65. The van der Waals surface area contributed by atoms with Crippen LogP contribution in [0.15, 0.2) is 66.0 Å². The van der Waals surface area contributed by atoms with E-state index >= 15 is 0 Å². The van der Waals surface area contributed by atoms with Gasteiger partial charge < -0.3 is 0 Å². The van der Waals surface area contributed by atoms with Crippen molar-refractivity contribution in [2.45, 2.75) is 13.1 Å². The van der Waals surface area contributed by atoms with Crippen LogP contribution >= 0.6 is 23.5 Å². The first-order chi connectivity index (χ1) is 12.7. The lowest BCUT2D eigenvalue weighted by molar-refractivity contribution is 0.0868. The third kappa shape index (κ3) is 3.32. The lowest BCUT2D eigenvalue weighted by Crippen LogP contribution is -2.34. The van der Waals surface area contributed by atoms with Crippen molar-refractivity contribution in [3.63, 3.8) is 0 Å². The average molecular weight is 377 g/mol. The molecule has 1 amide bonds. The Labute approximate surface area is 160 Å². The monoisotopic (exact) mass is 377 g/mol. The minimum Gasteiger partial charge on any atom is -0.292 e. The number of fused-ring (bicyclic) bond motifs is 1. The molecule has 0 atom stereocenters. The number of carbonyl (C=O) groups is 1. The predicted molar refractivity (Wildman–Crippen MR) is 106 cm³/mol. The summed E-state index contributed by atoms with van der Waals surface area (Å²) in [7, 11) is 0. The van der Waals surface area contributed by atoms with E-state index in [0.717, 1.165) is 21.7 Å². The van der Waals surface area contributed by atoms with Gasteiger partial charge in [-0.15, -0.1) is 11.3 Å². The summed E-state index contributed by atoms with van der Waals surface area (Å²) < 4.78 is 3.91. The van der Waals surface area contributed by atoms with Crippen LogP contribution in [0.4, 0.5) is 5.69 Å². The number of hydrogen-bond acceptors (Lipinski definition) is 5. The molecule has 3 aromatic rings. The van der Waals surface area contributed by atoms with Crippen molar-refractivity contribution in [3.05, 3.63) is 87.6 Å². The predicted octanol–water partition coefficient (Wildman–Crippen LogP) is 4.85. The van der Waals surface area contributed by atoms with Crippen LogP contribution < -0.4 is 4.31 Å². The topological polar surface area (TPSA) is 47.3 Å². The second kappa shape index (κ2) is 7.24. The lowest BCUT2D eigenvalue weighted by atomic mass is 10.1. The molecule has 26 heavy (non-hydrogen) atoms. The number of nitriles is 1. The van der Waals surface area contributed by atoms with E-state index in [1.54, 1.807) is 10.4 Å². The molecule has 2 aromatic carbocycles. The fourth-order valence-corrected chi connectivity index (χ4v) is 4.86. The van der Waals surface area contributed by atoms with Crippen molar-refractivity contribution in [1.29, 1.82) is 5.26 Å². The summed E-state index contributed by atoms with van der Waals surface area (Å²) in [6, 6.07) is 21.7. The Hall–Kier alpha value is -2.75. The van der Waals surface area contributed by atoms with E-state index < -0.39 is 0 Å². The van der Waals surface area contributed by atoms with Gasteiger partial charge in [0.25, 0.3) is 5.91 Å². The van der Waals surface area contributed by atoms with Gasteiger partial charge in [0.05, 0.1) is 42.5 Å². The zero-order chi connectivity index (χ0) is 17.9. The molecule has 1 aromatic heterocycles. The summed E-state index contributed by atoms with van der Waals surface area (Å²) in [5, 5.41) is 11.1. The first kappa shape index (κ1) is 16.7. The van der Waals surface area contributed by atoms with Crippen molar-refractivity contribution in [3.8, 4) is 6.07 Å². The number of nitrogens with zero attached hydrogens (tertiary/aromatic N) is 3. The van der Waals surface area contributed by atoms with Gasteiger partial charge in [-0.05, 0) is 34.7 Å². The summed E-state index contributed by atoms with van der Waals surface area (Å²) in [5.74, 6) is 0.0471. The first-order valence-corrected chi connectivity index (χ1v) is 9.73. The number of thiophene rings is 1. The number of rotatable bonds is 4. The number of carbonyl (C=O) groups excluding carboxylic acids is 1. The van der Waals surface area contributed by atoms with Crippen molar-refractivity contribution in [2.75, 3.05) is 4.31 Å². The second-order valence-electron chi connectivity index (χ2n) is 5.89. The Morgan fingerprint density at radius 3 is 2.50 bits per heavy atom. The maximum absolute atomic E-state index is 12.8. The van der Waals surface area contributed by atoms with Crippen molar-refractivity contribution in [2.24, 2.45) is 0 Å². The molecule has 0 saturated carbocycles. The van der Waals surface area contributed by atoms with Crippen LogP contribution in [-0.4, -0.2) is 10.2 Å². The Morgan fingerprint density at radius 1 is 0.923 bits per heavy atom. The molecule has 6 heteroatoms. The summed E-state index contributed by atoms with van der Waals surface area (Å²) >= 11 is 2.90. The van der Waals surface area contributed by atoms with E-state index in [1.165, 1.54) is 23.5 Å². The number of hydrogen-bond donors (Lipinski definition) is 0. The van der Waals surface area contributed by atoms with E-state index in [4.69, 9.17) is 5.26 Å². The van der Waals surface area contributed by atoms with E-state index in [-0.39, 0.29) is 5.91 Å². The fourth-order valence-electron chi connectivity index (χ4n) is 2.84. The van der Waals surface area contributed by atoms with Crippen LogP contribution in [0.25, 0.3) is 0 Å². The quantitative estimate of drug-likeness (QED) is 0.610. The third-order valence-electron chi connectivity index (χ3n) is 4.08. The average Bonchev–Trinajstić information content (AvgIpc) is 3.17. The van der Waals surface area contributed by atoms with Gasteiger partial charge in [0.2, 0.25) is 0 Å². The highest BCUT2D eigenvalue weighted by Crippen LogP contribution is 2.40. The fraction of sp³-hybridized carbons (Fsp3) is 0.100. The molecule has 1 aliphatic rings. The van der Waals surface area contributed by atoms with Crippen LogP contribution in [-0.2, 0) is 13.1 Å². The summed E-state index contributed by atoms with van der Waals surface area (Å²) in [5.41, 5.74) is 3.73. The highest BCUT2D eigenvalue weighted by molar-refractivity contribution is 7.99. The number of benzene rings is 2. The van der Waals surface area contributed by atoms with Gasteiger partial charge in [0.1, 0.15) is 4.88 Å². The van der Waals surface area contributed by atoms with Crippen LogP contribution in [0.5, 0.6) is 0 Å². The van der Waals surface area contributed by atoms with Crippen molar-refractivity contribution < 1.29 is 4.79 Å². The molecule has 0 aliphatic carbocycles. The molecular weight excluding hydrogens is 362 g/mol. The van der Waals surface area contributed by atoms with Crippen LogP contribution in [0.1, 0.15) is 26.4 Å². The van der Waals surface area contributed by atoms with E-state index in [1.807, 2.05) is 60.0 Å². The van der Waals surface area contributed by atoms with Gasteiger partial charge in [0, 0.05) is 0 Å². The Morgan fingerprint density at radius 2 is 1.69 bits per heavy atom. The molecule has 2 heterocycles. The van der Waals surface area contributed by atoms with Crippen LogP contribution in [0.3, 0.4) is 0 Å². The largest absolute Gasteiger partial charge is 0.292 e. The first-order valence-electron chi connectivity index (χ1n) is 8.12. The van der Waals surface area contributed by atoms with Crippen LogP contribution in [0, 0.1) is 11.3 Å². The lowest BCUT2D eigenvalue weighted by Gasteiger charge is -2.34. The van der Waals surface area contributed by atoms with Gasteiger partial charge in [-0.1, -0.05) is 42.5 Å². The highest BCUT2D eigenvalue weighted by atomic mass is 32.2. The Balaban J connectivity index is 1.61. The molecule has 0 fully saturated rings. The van der Waals surface area contributed by atoms with E-state index in [2.05, 4.69) is 10.4 Å². The van der Waals surface area contributed by atoms with Gasteiger partial charge in [-0.2, -0.15) is 5.26 Å². The zero-order valence-electron chi connectivity index (χ0n) is 13.8. The van der Waals surface area contributed by atoms with Crippen molar-refractivity contribution >= 4 is 35.1 Å². The summed E-state index contributed by atoms with van der Waals surface area (Å²) in [6.07, 6.45) is 0. The number of anilines is 1. The maximum Gasteiger partial charge on any atom is 0.277 e. The van der Waals surface area contributed by atoms with Gasteiger partial charge in [-0.25, -0.2) is 0 Å². The molecule has 0 saturated heterocycles. The minimum atomic E-state index is 0.0471. The normalized spacial score (nSPS) is 13.4. The molecule has 0 spiro atoms. The van der Waals surface area contributed by atoms with Gasteiger partial charge >= 0.3 is 0 Å². The van der Waals surface area contributed by atoms with E-state index in [0.29, 0.717) is 18.7 Å². The molecular formula is C20H15N3OS2. The van der Waals surface area contributed by atoms with Crippen LogP contribution in [0.2, 0.25) is 0 Å². The number of amides is 1. The second-order valence-corrected chi connectivity index (χ2v) is 7.85. The van der Waals surface area contributed by atoms with Crippen molar-refractivity contribution in [1.82, 2.24) is 4.31 Å². The summed E-state index contributed by atoms with van der Waals surface area (Å²) in [4.78, 5) is 13.6. The molecule has 1 aliphatic heterocycles. The third-order valence-corrected chi connectivity index (χ3v) is 5.99. The molecule has 0 N–H and O–H groups in total. The molecule has 128 valence electrons. The maximum atomic E-state index is 12.8. The van der Waals surface area contributed by atoms with Gasteiger partial charge in [0.15, 0.2) is 0 Å². The van der Waals surface area contributed by atoms with Gasteiger partial charge in [-0.3, -0.25) is 13.4 Å². The minimum absolute atomic E-state index is 0.0471. The Bertz CT molecular complexity index is 978. The molecule has 4 rings (SSSR count). The summed E-state index contributed by atoms with van der Waals surface area (Å²) in [6.45, 7) is 1.18. The molecule has 0 unspecified atom stereocenters. The molecule has 0 bridgehead atoms. The zero-order valence-corrected chi connectivity index (χ0v) is 15.5. The van der Waals surface area contributed by atoms with E-state index in [9.17, 15) is 4.79 Å². The standard InChI is InChI=1S/C20H15N3OS2/c21-12-16-7-4-8-17(11-16)14-22-18-9-10-25-19(18)20(24)23(26-22)13-15-5-2-1-3-6-15/h1-11H,13-14H2. The smallest absolute Gasteiger partial charge is 0.277 e.